The molecule has 0 bridgehead atoms. The van der Waals surface area contributed by atoms with E-state index in [1.54, 1.807) is 0 Å². The summed E-state index contributed by atoms with van der Waals surface area (Å²) in [7, 11) is 0. The van der Waals surface area contributed by atoms with Gasteiger partial charge in [0.05, 0.1) is 5.56 Å². The van der Waals surface area contributed by atoms with E-state index < -0.39 is 0 Å². The molecule has 0 aromatic heterocycles. The van der Waals surface area contributed by atoms with Crippen LogP contribution in [-0.4, -0.2) is 5.97 Å². The van der Waals surface area contributed by atoms with Gasteiger partial charge >= 0.3 is 5.97 Å². The summed E-state index contributed by atoms with van der Waals surface area (Å²) >= 11 is 0. The van der Waals surface area contributed by atoms with Gasteiger partial charge in [0, 0.05) is 0 Å². The number of benzene rings is 3. The Morgan fingerprint density at radius 1 is 0.763 bits per heavy atom. The maximum atomic E-state index is 12.8. The minimum absolute atomic E-state index is 0.295. The van der Waals surface area contributed by atoms with E-state index in [0.29, 0.717) is 17.2 Å². The van der Waals surface area contributed by atoms with Crippen molar-refractivity contribution >= 4 is 5.97 Å². The Kier molecular flexibility index (Phi) is 10.6. The van der Waals surface area contributed by atoms with Gasteiger partial charge < -0.3 is 4.74 Å². The molecule has 0 N–H and O–H groups in total. The summed E-state index contributed by atoms with van der Waals surface area (Å²) in [6.07, 6.45) is 15.6. The highest BCUT2D eigenvalue weighted by molar-refractivity contribution is 5.91. The summed E-state index contributed by atoms with van der Waals surface area (Å²) in [5.74, 6) is 1.83. The molecule has 4 rings (SSSR count). The molecule has 38 heavy (non-hydrogen) atoms. The minimum atomic E-state index is -0.295. The van der Waals surface area contributed by atoms with Crippen LogP contribution >= 0.6 is 0 Å². The van der Waals surface area contributed by atoms with Crippen LogP contribution in [0.2, 0.25) is 0 Å². The molecule has 0 radical (unpaired) electrons. The molecular weight excluding hydrogens is 464 g/mol. The summed E-state index contributed by atoms with van der Waals surface area (Å²) in [5, 5.41) is 0. The number of hydrogen-bond acceptors (Lipinski definition) is 2. The predicted molar refractivity (Wildman–Crippen MR) is 160 cm³/mol. The number of carbonyl (C=O) groups is 1. The molecule has 3 aromatic carbocycles. The van der Waals surface area contributed by atoms with E-state index in [1.807, 2.05) is 36.4 Å². The van der Waals surface area contributed by atoms with Crippen molar-refractivity contribution in [3.63, 3.8) is 0 Å². The van der Waals surface area contributed by atoms with Crippen LogP contribution in [0.3, 0.4) is 0 Å². The van der Waals surface area contributed by atoms with E-state index in [2.05, 4.69) is 51.1 Å². The first-order valence-electron chi connectivity index (χ1n) is 15.1. The summed E-state index contributed by atoms with van der Waals surface area (Å²) in [6, 6.07) is 22.7. The molecule has 0 unspecified atom stereocenters. The number of rotatable bonds is 12. The van der Waals surface area contributed by atoms with Gasteiger partial charge in [0.2, 0.25) is 0 Å². The quantitative estimate of drug-likeness (QED) is 0.138. The average molecular weight is 511 g/mol. The zero-order valence-electron chi connectivity index (χ0n) is 23.8. The summed E-state index contributed by atoms with van der Waals surface area (Å²) in [4.78, 5) is 12.8. The first-order chi connectivity index (χ1) is 18.6. The fraction of sp³-hybridized carbons (Fsp3) is 0.472. The molecule has 0 heterocycles. The molecule has 0 spiro atoms. The lowest BCUT2D eigenvalue weighted by Crippen LogP contribution is -2.14. The van der Waals surface area contributed by atoms with Crippen LogP contribution in [0.1, 0.15) is 117 Å². The second-order valence-corrected chi connectivity index (χ2v) is 11.3. The Morgan fingerprint density at radius 3 is 2.08 bits per heavy atom. The highest BCUT2D eigenvalue weighted by Gasteiger charge is 2.22. The van der Waals surface area contributed by atoms with Crippen LogP contribution < -0.4 is 4.74 Å². The molecule has 1 aliphatic rings. The molecule has 2 heteroatoms. The lowest BCUT2D eigenvalue weighted by Gasteiger charge is -2.29. The Bertz CT molecular complexity index is 1130. The standard InChI is InChI=1S/C36H46O2/c1-4-6-8-10-28-12-14-30(15-13-28)31-17-19-33(20-18-31)36(37)38-35-24-22-32(23-25-35)34-21-16-29(27(3)26-34)11-9-7-5-2/h16-26,28,30H,4-15H2,1-3H3. The number of carbonyl (C=O) groups excluding carboxylic acids is 1. The fourth-order valence-corrected chi connectivity index (χ4v) is 5.96. The van der Waals surface area contributed by atoms with Crippen molar-refractivity contribution in [3.05, 3.63) is 89.0 Å². The molecule has 2 nitrogen and oxygen atoms in total. The lowest BCUT2D eigenvalue weighted by atomic mass is 9.77. The molecule has 202 valence electrons. The number of hydrogen-bond donors (Lipinski definition) is 0. The second kappa shape index (κ2) is 14.3. The molecule has 0 atom stereocenters. The van der Waals surface area contributed by atoms with Crippen molar-refractivity contribution in [2.75, 3.05) is 0 Å². The highest BCUT2D eigenvalue weighted by Crippen LogP contribution is 2.38. The smallest absolute Gasteiger partial charge is 0.343 e. The minimum Gasteiger partial charge on any atom is -0.423 e. The van der Waals surface area contributed by atoms with Gasteiger partial charge in [-0.1, -0.05) is 94.8 Å². The number of unbranched alkanes of at least 4 members (excludes halogenated alkanes) is 4. The molecule has 1 fully saturated rings. The van der Waals surface area contributed by atoms with Crippen molar-refractivity contribution in [1.82, 2.24) is 0 Å². The maximum Gasteiger partial charge on any atom is 0.343 e. The molecule has 1 aliphatic carbocycles. The van der Waals surface area contributed by atoms with Crippen LogP contribution in [0.4, 0.5) is 0 Å². The molecule has 3 aromatic rings. The van der Waals surface area contributed by atoms with Gasteiger partial charge in [0.25, 0.3) is 0 Å². The Hall–Kier alpha value is -2.87. The van der Waals surface area contributed by atoms with Gasteiger partial charge in [-0.25, -0.2) is 4.79 Å². The van der Waals surface area contributed by atoms with Crippen molar-refractivity contribution in [1.29, 1.82) is 0 Å². The number of ether oxygens (including phenoxy) is 1. The van der Waals surface area contributed by atoms with Crippen molar-refractivity contribution in [2.24, 2.45) is 5.92 Å². The summed E-state index contributed by atoms with van der Waals surface area (Å²) < 4.78 is 5.70. The topological polar surface area (TPSA) is 26.3 Å². The molecular formula is C36H46O2. The van der Waals surface area contributed by atoms with Gasteiger partial charge in [-0.2, -0.15) is 0 Å². The lowest BCUT2D eigenvalue weighted by molar-refractivity contribution is 0.0734. The van der Waals surface area contributed by atoms with Crippen molar-refractivity contribution in [3.8, 4) is 16.9 Å². The third-order valence-corrected chi connectivity index (χ3v) is 8.47. The van der Waals surface area contributed by atoms with Crippen LogP contribution in [0.25, 0.3) is 11.1 Å². The van der Waals surface area contributed by atoms with E-state index in [0.717, 1.165) is 17.9 Å². The van der Waals surface area contributed by atoms with E-state index in [9.17, 15) is 4.79 Å². The van der Waals surface area contributed by atoms with Crippen molar-refractivity contribution in [2.45, 2.75) is 104 Å². The van der Waals surface area contributed by atoms with Crippen LogP contribution in [0.5, 0.6) is 5.75 Å². The number of aryl methyl sites for hydroxylation is 2. The first kappa shape index (κ1) is 28.1. The molecule has 0 amide bonds. The maximum absolute atomic E-state index is 12.8. The Morgan fingerprint density at radius 2 is 1.42 bits per heavy atom. The Balaban J connectivity index is 1.29. The second-order valence-electron chi connectivity index (χ2n) is 11.3. The zero-order valence-corrected chi connectivity index (χ0v) is 23.8. The van der Waals surface area contributed by atoms with Gasteiger partial charge in [-0.15, -0.1) is 0 Å². The largest absolute Gasteiger partial charge is 0.423 e. The van der Waals surface area contributed by atoms with E-state index in [1.165, 1.54) is 92.9 Å². The van der Waals surface area contributed by atoms with Gasteiger partial charge in [0.1, 0.15) is 5.75 Å². The van der Waals surface area contributed by atoms with Gasteiger partial charge in [-0.3, -0.25) is 0 Å². The predicted octanol–water partition coefficient (Wildman–Crippen LogP) is 10.5. The zero-order chi connectivity index (χ0) is 26.7. The summed E-state index contributed by atoms with van der Waals surface area (Å²) in [5.41, 5.74) is 7.10. The SMILES string of the molecule is CCCCCc1ccc(-c2ccc(OC(=O)c3ccc(C4CCC(CCCCC)CC4)cc3)cc2)cc1C. The van der Waals surface area contributed by atoms with Crippen molar-refractivity contribution < 1.29 is 9.53 Å². The normalized spacial score (nSPS) is 17.3. The highest BCUT2D eigenvalue weighted by atomic mass is 16.5. The van der Waals surface area contributed by atoms with Gasteiger partial charge in [0.15, 0.2) is 0 Å². The Labute approximate surface area is 230 Å². The van der Waals surface area contributed by atoms with Crippen LogP contribution in [0.15, 0.2) is 66.7 Å². The summed E-state index contributed by atoms with van der Waals surface area (Å²) in [6.45, 7) is 6.72. The number of esters is 1. The monoisotopic (exact) mass is 510 g/mol. The van der Waals surface area contributed by atoms with E-state index in [4.69, 9.17) is 4.74 Å². The molecule has 0 saturated heterocycles. The third kappa shape index (κ3) is 7.82. The van der Waals surface area contributed by atoms with Gasteiger partial charge in [-0.05, 0) is 109 Å². The van der Waals surface area contributed by atoms with E-state index in [-0.39, 0.29) is 5.97 Å². The average Bonchev–Trinajstić information content (AvgIpc) is 2.95. The van der Waals surface area contributed by atoms with Crippen LogP contribution in [0, 0.1) is 12.8 Å². The van der Waals surface area contributed by atoms with E-state index >= 15 is 0 Å². The third-order valence-electron chi connectivity index (χ3n) is 8.47. The molecule has 1 saturated carbocycles. The molecule has 0 aliphatic heterocycles. The van der Waals surface area contributed by atoms with Crippen LogP contribution in [-0.2, 0) is 6.42 Å². The fourth-order valence-electron chi connectivity index (χ4n) is 5.96. The first-order valence-corrected chi connectivity index (χ1v) is 15.1.